The van der Waals surface area contributed by atoms with Crippen LogP contribution in [0.2, 0.25) is 0 Å². The van der Waals surface area contributed by atoms with E-state index in [0.29, 0.717) is 0 Å². The third kappa shape index (κ3) is 5.22. The maximum Gasteiger partial charge on any atom is 0.413 e. The van der Waals surface area contributed by atoms with E-state index in [4.69, 9.17) is 22.4 Å². The number of hydrogen-bond acceptors (Lipinski definition) is 3. The van der Waals surface area contributed by atoms with E-state index in [-0.39, 0.29) is 17.5 Å². The quantitative estimate of drug-likeness (QED) is 0.723. The van der Waals surface area contributed by atoms with Crippen molar-refractivity contribution in [3.05, 3.63) is 0 Å². The van der Waals surface area contributed by atoms with E-state index in [0.717, 1.165) is 0 Å². The normalized spacial score (nSPS) is 16.7. The van der Waals surface area contributed by atoms with E-state index in [2.05, 4.69) is 0 Å². The summed E-state index contributed by atoms with van der Waals surface area (Å²) < 4.78 is 33.2. The highest BCUT2D eigenvalue weighted by Gasteiger charge is 2.38. The molecule has 78 valence electrons. The molecule has 0 saturated carbocycles. The molecule has 0 bridgehead atoms. The Bertz CT molecular complexity index is 189. The van der Waals surface area contributed by atoms with Crippen molar-refractivity contribution in [1.29, 1.82) is 0 Å². The van der Waals surface area contributed by atoms with Gasteiger partial charge in [0.05, 0.1) is 0 Å². The number of aliphatic carboxylic acids is 1. The zero-order valence-electron chi connectivity index (χ0n) is 6.21. The highest BCUT2D eigenvalue weighted by atomic mass is 35.5. The lowest BCUT2D eigenvalue weighted by molar-refractivity contribution is -0.138. The fourth-order valence-electron chi connectivity index (χ4n) is 0.354. The molecule has 0 radical (unpaired) electrons. The van der Waals surface area contributed by atoms with Crippen LogP contribution in [0, 0.1) is 0 Å². The van der Waals surface area contributed by atoms with Crippen LogP contribution < -0.4 is 5.73 Å². The minimum Gasteiger partial charge on any atom is -0.480 e. The molecule has 0 amide bonds. The Morgan fingerprint density at radius 1 is 1.62 bits per heavy atom. The second-order valence-electron chi connectivity index (χ2n) is 2.14. The molecule has 0 aliphatic carbocycles. The van der Waals surface area contributed by atoms with Crippen LogP contribution in [0.25, 0.3) is 0 Å². The van der Waals surface area contributed by atoms with E-state index in [1.54, 1.807) is 0 Å². The molecule has 0 fully saturated rings. The fraction of sp³-hybridized carbons (Fsp3) is 0.800. The van der Waals surface area contributed by atoms with Crippen LogP contribution in [0.3, 0.4) is 0 Å². The van der Waals surface area contributed by atoms with Gasteiger partial charge in [-0.2, -0.15) is 13.2 Å². The first-order chi connectivity index (χ1) is 5.75. The topological polar surface area (TPSA) is 63.3 Å². The fourth-order valence-corrected chi connectivity index (χ4v) is 1.28. The van der Waals surface area contributed by atoms with E-state index in [9.17, 15) is 18.0 Å². The van der Waals surface area contributed by atoms with Crippen molar-refractivity contribution in [1.82, 2.24) is 0 Å². The van der Waals surface area contributed by atoms with E-state index >= 15 is 0 Å². The van der Waals surface area contributed by atoms with Gasteiger partial charge < -0.3 is 10.8 Å². The van der Waals surface area contributed by atoms with Crippen molar-refractivity contribution < 1.29 is 23.1 Å². The van der Waals surface area contributed by atoms with Gasteiger partial charge in [-0.1, -0.05) is 0 Å². The van der Waals surface area contributed by atoms with Crippen LogP contribution in [0.15, 0.2) is 0 Å². The van der Waals surface area contributed by atoms with Gasteiger partial charge >= 0.3 is 12.1 Å². The summed E-state index contributed by atoms with van der Waals surface area (Å²) in [5, 5.41) is 8.24. The molecule has 8 heteroatoms. The minimum atomic E-state index is -4.54. The lowest BCUT2D eigenvalue weighted by Gasteiger charge is -2.13. The third-order valence-corrected chi connectivity index (χ3v) is 2.73. The summed E-state index contributed by atoms with van der Waals surface area (Å²) in [7, 11) is 0. The molecule has 0 aliphatic rings. The highest BCUT2D eigenvalue weighted by Crippen LogP contribution is 2.33. The Morgan fingerprint density at radius 2 is 2.08 bits per heavy atom. The van der Waals surface area contributed by atoms with Gasteiger partial charge in [-0.15, -0.1) is 23.4 Å². The van der Waals surface area contributed by atoms with Gasteiger partial charge in [0, 0.05) is 5.75 Å². The van der Waals surface area contributed by atoms with Crippen LogP contribution in [-0.4, -0.2) is 33.8 Å². The van der Waals surface area contributed by atoms with Gasteiger partial charge in [0.1, 0.15) is 6.04 Å². The van der Waals surface area contributed by atoms with Gasteiger partial charge in [-0.25, -0.2) is 0 Å². The molecule has 3 N–H and O–H groups in total. The van der Waals surface area contributed by atoms with E-state index in [1.807, 2.05) is 0 Å². The van der Waals surface area contributed by atoms with Crippen molar-refractivity contribution in [3.63, 3.8) is 0 Å². The first-order valence-corrected chi connectivity index (χ1v) is 4.54. The molecule has 0 spiro atoms. The molecular formula is C5H7ClF3NO2S. The smallest absolute Gasteiger partial charge is 0.413 e. The van der Waals surface area contributed by atoms with Crippen molar-refractivity contribution in [2.45, 2.75) is 16.9 Å². The summed E-state index contributed by atoms with van der Waals surface area (Å²) in [6, 6.07) is -1.33. The Kier molecular flexibility index (Phi) is 4.87. The Balaban J connectivity index is 3.83. The number of nitrogens with two attached hydrogens (primary N) is 1. The van der Waals surface area contributed by atoms with Gasteiger partial charge in [-0.05, 0) is 0 Å². The Morgan fingerprint density at radius 3 is 2.38 bits per heavy atom. The van der Waals surface area contributed by atoms with E-state index < -0.39 is 22.9 Å². The summed E-state index contributed by atoms with van der Waals surface area (Å²) in [5.74, 6) is -1.72. The minimum absolute atomic E-state index is 0.254. The lowest BCUT2D eigenvalue weighted by Crippen LogP contribution is -2.34. The Hall–Kier alpha value is -0.140. The van der Waals surface area contributed by atoms with Crippen LogP contribution in [0.4, 0.5) is 13.2 Å². The number of rotatable bonds is 4. The van der Waals surface area contributed by atoms with Gasteiger partial charge in [-0.3, -0.25) is 4.79 Å². The monoisotopic (exact) mass is 237 g/mol. The molecule has 0 rings (SSSR count). The van der Waals surface area contributed by atoms with Crippen molar-refractivity contribution in [2.75, 3.05) is 5.75 Å². The average molecular weight is 238 g/mol. The number of carboxylic acids is 1. The zero-order chi connectivity index (χ0) is 10.6. The van der Waals surface area contributed by atoms with E-state index in [1.165, 1.54) is 0 Å². The second-order valence-corrected chi connectivity index (χ2v) is 3.97. The molecule has 0 aromatic heterocycles. The number of hydrogen-bond donors (Lipinski definition) is 2. The molecule has 3 nitrogen and oxygen atoms in total. The van der Waals surface area contributed by atoms with Crippen molar-refractivity contribution in [2.24, 2.45) is 5.73 Å². The SMILES string of the molecule is N[C@@H](CSC(Cl)C(F)(F)F)C(=O)O. The molecule has 0 heterocycles. The van der Waals surface area contributed by atoms with Gasteiger partial charge in [0.2, 0.25) is 0 Å². The molecule has 0 aromatic rings. The molecule has 1 unspecified atom stereocenters. The summed E-state index contributed by atoms with van der Waals surface area (Å²) in [6.45, 7) is 0. The largest absolute Gasteiger partial charge is 0.480 e. The van der Waals surface area contributed by atoms with Gasteiger partial charge in [0.25, 0.3) is 0 Å². The number of halogens is 4. The first kappa shape index (κ1) is 12.9. The number of carbonyl (C=O) groups is 1. The van der Waals surface area contributed by atoms with Gasteiger partial charge in [0.15, 0.2) is 4.71 Å². The maximum absolute atomic E-state index is 11.8. The molecule has 0 aromatic carbocycles. The average Bonchev–Trinajstić information content (AvgIpc) is 1.97. The van der Waals surface area contributed by atoms with Crippen LogP contribution >= 0.6 is 23.4 Å². The first-order valence-electron chi connectivity index (χ1n) is 3.06. The summed E-state index contributed by atoms with van der Waals surface area (Å²) in [4.78, 5) is 10.1. The molecule has 0 aliphatic heterocycles. The summed E-state index contributed by atoms with van der Waals surface area (Å²) in [6.07, 6.45) is -4.54. The summed E-state index contributed by atoms with van der Waals surface area (Å²) >= 11 is 5.15. The maximum atomic E-state index is 11.8. The second kappa shape index (κ2) is 4.92. The number of alkyl halides is 4. The van der Waals surface area contributed by atoms with Crippen LogP contribution in [-0.2, 0) is 4.79 Å². The van der Waals surface area contributed by atoms with Crippen LogP contribution in [0.1, 0.15) is 0 Å². The molecule has 2 atom stereocenters. The lowest BCUT2D eigenvalue weighted by atomic mass is 10.4. The zero-order valence-corrected chi connectivity index (χ0v) is 7.79. The standard InChI is InChI=1S/C5H7ClF3NO2S/c6-4(5(7,8)9)13-1-2(10)3(11)12/h2,4H,1,10H2,(H,11,12)/t2-,4?/m0/s1. The third-order valence-electron chi connectivity index (χ3n) is 0.997. The molecule has 0 saturated heterocycles. The van der Waals surface area contributed by atoms with Crippen molar-refractivity contribution >= 4 is 29.3 Å². The Labute approximate surface area is 81.4 Å². The highest BCUT2D eigenvalue weighted by molar-refractivity contribution is 8.01. The van der Waals surface area contributed by atoms with Crippen LogP contribution in [0.5, 0.6) is 0 Å². The van der Waals surface area contributed by atoms with Crippen molar-refractivity contribution in [3.8, 4) is 0 Å². The molecular weight excluding hydrogens is 231 g/mol. The predicted octanol–water partition coefficient (Wildman–Crippen LogP) is 1.26. The summed E-state index contributed by atoms with van der Waals surface area (Å²) in [5.41, 5.74) is 4.96. The number of carboxylic acid groups (broad SMARTS) is 1. The number of thioether (sulfide) groups is 1. The predicted molar refractivity (Wildman–Crippen MR) is 43.8 cm³/mol. The molecule has 13 heavy (non-hydrogen) atoms.